The van der Waals surface area contributed by atoms with E-state index < -0.39 is 0 Å². The van der Waals surface area contributed by atoms with Crippen LogP contribution in [0.25, 0.3) is 5.69 Å². The van der Waals surface area contributed by atoms with Crippen LogP contribution in [0, 0.1) is 13.8 Å². The average Bonchev–Trinajstić information content (AvgIpc) is 2.95. The van der Waals surface area contributed by atoms with Gasteiger partial charge in [-0.15, -0.1) is 0 Å². The third-order valence-corrected chi connectivity index (χ3v) is 4.89. The van der Waals surface area contributed by atoms with Crippen molar-refractivity contribution in [2.45, 2.75) is 13.8 Å². The number of nitrogens with zero attached hydrogens (tertiary/aromatic N) is 3. The summed E-state index contributed by atoms with van der Waals surface area (Å²) in [5, 5.41) is 5.09. The highest BCUT2D eigenvalue weighted by Gasteiger charge is 2.14. The number of carbonyl (C=O) groups is 1. The highest BCUT2D eigenvalue weighted by Crippen LogP contribution is 2.22. The van der Waals surface area contributed by atoms with Crippen LogP contribution < -0.4 is 4.74 Å². The Labute approximate surface area is 164 Å². The molecular weight excluding hydrogens is 362 g/mol. The molecule has 0 aliphatic rings. The van der Waals surface area contributed by atoms with Crippen LogP contribution in [-0.2, 0) is 0 Å². The van der Waals surface area contributed by atoms with Gasteiger partial charge in [0.15, 0.2) is 0 Å². The number of para-hydroxylation sites is 1. The molecular formula is C21H22ClN3O2. The van der Waals surface area contributed by atoms with Gasteiger partial charge in [0.25, 0.3) is 5.91 Å². The van der Waals surface area contributed by atoms with E-state index in [-0.39, 0.29) is 5.91 Å². The van der Waals surface area contributed by atoms with Crippen LogP contribution >= 0.6 is 11.6 Å². The Morgan fingerprint density at radius 3 is 2.37 bits per heavy atom. The Morgan fingerprint density at radius 1 is 1.11 bits per heavy atom. The van der Waals surface area contributed by atoms with Gasteiger partial charge in [0.05, 0.1) is 28.6 Å². The Balaban J connectivity index is 1.62. The van der Waals surface area contributed by atoms with Gasteiger partial charge in [0.1, 0.15) is 12.4 Å². The molecule has 0 spiro atoms. The number of aryl methyl sites for hydroxylation is 1. The minimum Gasteiger partial charge on any atom is -0.492 e. The maximum absolute atomic E-state index is 12.6. The van der Waals surface area contributed by atoms with Crippen LogP contribution in [0.4, 0.5) is 0 Å². The van der Waals surface area contributed by atoms with Gasteiger partial charge in [-0.3, -0.25) is 4.79 Å². The predicted octanol–water partition coefficient (Wildman–Crippen LogP) is 4.29. The molecule has 5 nitrogen and oxygen atoms in total. The van der Waals surface area contributed by atoms with Crippen molar-refractivity contribution < 1.29 is 9.53 Å². The number of likely N-dealkylation sites (N-methyl/N-ethyl adjacent to an activating group) is 1. The molecule has 0 saturated carbocycles. The summed E-state index contributed by atoms with van der Waals surface area (Å²) in [5.74, 6) is 0.746. The van der Waals surface area contributed by atoms with Crippen molar-refractivity contribution in [3.63, 3.8) is 0 Å². The molecule has 3 aromatic rings. The molecule has 0 saturated heterocycles. The van der Waals surface area contributed by atoms with Gasteiger partial charge in [-0.2, -0.15) is 5.10 Å². The van der Waals surface area contributed by atoms with E-state index in [2.05, 4.69) is 5.10 Å². The molecule has 1 heterocycles. The number of amides is 1. The monoisotopic (exact) mass is 383 g/mol. The lowest BCUT2D eigenvalue weighted by Crippen LogP contribution is -2.30. The van der Waals surface area contributed by atoms with E-state index in [1.165, 1.54) is 0 Å². The first-order valence-electron chi connectivity index (χ1n) is 8.73. The molecule has 0 N–H and O–H groups in total. The van der Waals surface area contributed by atoms with E-state index in [4.69, 9.17) is 16.3 Å². The van der Waals surface area contributed by atoms with E-state index in [1.54, 1.807) is 28.8 Å². The number of rotatable bonds is 6. The van der Waals surface area contributed by atoms with Crippen molar-refractivity contribution in [1.29, 1.82) is 0 Å². The number of benzene rings is 2. The standard InChI is InChI=1S/C21H22ClN3O2/c1-15-20(22)16(2)25(23-15)18-11-9-17(10-12-18)21(26)24(3)13-14-27-19-7-5-4-6-8-19/h4-12H,13-14H2,1-3H3. The molecule has 2 aromatic carbocycles. The molecule has 140 valence electrons. The van der Waals surface area contributed by atoms with Crippen molar-refractivity contribution in [2.75, 3.05) is 20.2 Å². The van der Waals surface area contributed by atoms with Crippen molar-refractivity contribution in [3.8, 4) is 11.4 Å². The molecule has 0 fully saturated rings. The lowest BCUT2D eigenvalue weighted by atomic mass is 10.2. The third-order valence-electron chi connectivity index (χ3n) is 4.35. The fourth-order valence-corrected chi connectivity index (χ4v) is 2.88. The zero-order valence-corrected chi connectivity index (χ0v) is 16.4. The molecule has 0 bridgehead atoms. The summed E-state index contributed by atoms with van der Waals surface area (Å²) in [7, 11) is 1.77. The van der Waals surface area contributed by atoms with Crippen LogP contribution in [0.1, 0.15) is 21.7 Å². The van der Waals surface area contributed by atoms with Crippen molar-refractivity contribution in [3.05, 3.63) is 76.6 Å². The van der Waals surface area contributed by atoms with Crippen LogP contribution in [0.3, 0.4) is 0 Å². The fourth-order valence-electron chi connectivity index (χ4n) is 2.76. The summed E-state index contributed by atoms with van der Waals surface area (Å²) >= 11 is 6.21. The smallest absolute Gasteiger partial charge is 0.253 e. The number of ether oxygens (including phenoxy) is 1. The maximum atomic E-state index is 12.6. The highest BCUT2D eigenvalue weighted by molar-refractivity contribution is 6.31. The van der Waals surface area contributed by atoms with E-state index in [0.717, 1.165) is 22.8 Å². The Hall–Kier alpha value is -2.79. The van der Waals surface area contributed by atoms with Crippen LogP contribution in [-0.4, -0.2) is 40.8 Å². The summed E-state index contributed by atoms with van der Waals surface area (Å²) in [6.07, 6.45) is 0. The number of aromatic nitrogens is 2. The average molecular weight is 384 g/mol. The second-order valence-electron chi connectivity index (χ2n) is 6.33. The predicted molar refractivity (Wildman–Crippen MR) is 107 cm³/mol. The normalized spacial score (nSPS) is 10.7. The summed E-state index contributed by atoms with van der Waals surface area (Å²) in [5.41, 5.74) is 3.15. The van der Waals surface area contributed by atoms with Gasteiger partial charge < -0.3 is 9.64 Å². The van der Waals surface area contributed by atoms with Gasteiger partial charge >= 0.3 is 0 Å². The molecule has 3 rings (SSSR count). The lowest BCUT2D eigenvalue weighted by molar-refractivity contribution is 0.0774. The lowest BCUT2D eigenvalue weighted by Gasteiger charge is -2.18. The first kappa shape index (κ1) is 19.0. The highest BCUT2D eigenvalue weighted by atomic mass is 35.5. The molecule has 0 aliphatic carbocycles. The molecule has 1 amide bonds. The molecule has 1 aromatic heterocycles. The van der Waals surface area contributed by atoms with Gasteiger partial charge in [-0.05, 0) is 50.2 Å². The largest absolute Gasteiger partial charge is 0.492 e. The Kier molecular flexibility index (Phi) is 5.81. The van der Waals surface area contributed by atoms with Gasteiger partial charge in [-0.25, -0.2) is 4.68 Å². The van der Waals surface area contributed by atoms with Gasteiger partial charge in [0.2, 0.25) is 0 Å². The number of hydrogen-bond donors (Lipinski definition) is 0. The number of carbonyl (C=O) groups excluding carboxylic acids is 1. The number of halogens is 1. The zero-order chi connectivity index (χ0) is 19.4. The van der Waals surface area contributed by atoms with Crippen molar-refractivity contribution >= 4 is 17.5 Å². The summed E-state index contributed by atoms with van der Waals surface area (Å²) in [4.78, 5) is 14.2. The fraction of sp³-hybridized carbons (Fsp3) is 0.238. The minimum absolute atomic E-state index is 0.0513. The minimum atomic E-state index is -0.0513. The summed E-state index contributed by atoms with van der Waals surface area (Å²) < 4.78 is 7.43. The second kappa shape index (κ2) is 8.27. The SMILES string of the molecule is Cc1nn(-c2ccc(C(=O)N(C)CCOc3ccccc3)cc2)c(C)c1Cl. The maximum Gasteiger partial charge on any atom is 0.253 e. The van der Waals surface area contributed by atoms with Crippen LogP contribution in [0.15, 0.2) is 54.6 Å². The Bertz CT molecular complexity index is 921. The molecule has 0 radical (unpaired) electrons. The number of hydrogen-bond acceptors (Lipinski definition) is 3. The van der Waals surface area contributed by atoms with E-state index in [9.17, 15) is 4.79 Å². The first-order valence-corrected chi connectivity index (χ1v) is 9.10. The third kappa shape index (κ3) is 4.31. The zero-order valence-electron chi connectivity index (χ0n) is 15.6. The van der Waals surface area contributed by atoms with E-state index in [1.807, 2.05) is 56.3 Å². The van der Waals surface area contributed by atoms with E-state index >= 15 is 0 Å². The van der Waals surface area contributed by atoms with Gasteiger partial charge in [0, 0.05) is 12.6 Å². The quantitative estimate of drug-likeness (QED) is 0.637. The molecule has 0 atom stereocenters. The molecule has 27 heavy (non-hydrogen) atoms. The molecule has 0 unspecified atom stereocenters. The second-order valence-corrected chi connectivity index (χ2v) is 6.71. The first-order chi connectivity index (χ1) is 13.0. The van der Waals surface area contributed by atoms with Crippen molar-refractivity contribution in [2.24, 2.45) is 0 Å². The van der Waals surface area contributed by atoms with Crippen molar-refractivity contribution in [1.82, 2.24) is 14.7 Å². The van der Waals surface area contributed by atoms with Gasteiger partial charge in [-0.1, -0.05) is 29.8 Å². The van der Waals surface area contributed by atoms with E-state index in [0.29, 0.717) is 23.7 Å². The summed E-state index contributed by atoms with van der Waals surface area (Å²) in [6.45, 7) is 4.73. The molecule has 6 heteroatoms. The topological polar surface area (TPSA) is 47.4 Å². The van der Waals surface area contributed by atoms with Crippen LogP contribution in [0.5, 0.6) is 5.75 Å². The van der Waals surface area contributed by atoms with Crippen LogP contribution in [0.2, 0.25) is 5.02 Å². The summed E-state index contributed by atoms with van der Waals surface area (Å²) in [6, 6.07) is 16.9. The molecule has 0 aliphatic heterocycles. The Morgan fingerprint density at radius 2 is 1.78 bits per heavy atom.